The molecule has 1 aliphatic rings. The van der Waals surface area contributed by atoms with Crippen LogP contribution in [-0.2, 0) is 13.0 Å². The Morgan fingerprint density at radius 2 is 1.75 bits per heavy atom. The van der Waals surface area contributed by atoms with Crippen LogP contribution in [0.2, 0.25) is 0 Å². The van der Waals surface area contributed by atoms with Gasteiger partial charge in [-0.15, -0.1) is 0 Å². The Bertz CT molecular complexity index is 585. The van der Waals surface area contributed by atoms with Crippen molar-refractivity contribution in [1.29, 1.82) is 0 Å². The lowest BCUT2D eigenvalue weighted by atomic mass is 10.0. The topological polar surface area (TPSA) is 12.0 Å². The minimum Gasteiger partial charge on any atom is -0.310 e. The number of hydrogen-bond donors (Lipinski definition) is 1. The van der Waals surface area contributed by atoms with Gasteiger partial charge in [0.25, 0.3) is 0 Å². The van der Waals surface area contributed by atoms with Crippen LogP contribution in [-0.4, -0.2) is 6.04 Å². The molecule has 0 aromatic heterocycles. The Labute approximate surface area is 119 Å². The number of aryl methyl sites for hydroxylation is 1. The smallest absolute Gasteiger partial charge is 0.127 e. The molecule has 0 amide bonds. The second-order valence-electron chi connectivity index (χ2n) is 5.51. The molecule has 1 fully saturated rings. The number of halogens is 1. The molecule has 0 spiro atoms. The molecule has 2 aromatic carbocycles. The first-order valence-corrected chi connectivity index (χ1v) is 7.37. The highest BCUT2D eigenvalue weighted by Gasteiger charge is 2.20. The number of rotatable bonds is 5. The summed E-state index contributed by atoms with van der Waals surface area (Å²) < 4.78 is 13.8. The summed E-state index contributed by atoms with van der Waals surface area (Å²) in [7, 11) is 0. The largest absolute Gasteiger partial charge is 0.310 e. The van der Waals surface area contributed by atoms with E-state index < -0.39 is 0 Å². The third-order valence-corrected chi connectivity index (χ3v) is 3.90. The van der Waals surface area contributed by atoms with Crippen molar-refractivity contribution in [2.75, 3.05) is 0 Å². The van der Waals surface area contributed by atoms with Crippen molar-refractivity contribution in [2.24, 2.45) is 0 Å². The van der Waals surface area contributed by atoms with Crippen LogP contribution in [0.4, 0.5) is 4.39 Å². The Morgan fingerprint density at radius 1 is 1.05 bits per heavy atom. The predicted molar refractivity (Wildman–Crippen MR) is 81.1 cm³/mol. The van der Waals surface area contributed by atoms with Gasteiger partial charge in [-0.25, -0.2) is 4.39 Å². The minimum atomic E-state index is -0.118. The summed E-state index contributed by atoms with van der Waals surface area (Å²) in [6, 6.07) is 14.5. The molecule has 0 unspecified atom stereocenters. The van der Waals surface area contributed by atoms with Crippen molar-refractivity contribution in [2.45, 2.75) is 38.8 Å². The molecule has 0 atom stereocenters. The maximum absolute atomic E-state index is 13.8. The summed E-state index contributed by atoms with van der Waals surface area (Å²) >= 11 is 0. The van der Waals surface area contributed by atoms with Gasteiger partial charge < -0.3 is 5.32 Å². The average Bonchev–Trinajstić information content (AvgIpc) is 3.31. The fourth-order valence-corrected chi connectivity index (χ4v) is 2.36. The first kappa shape index (κ1) is 13.3. The first-order chi connectivity index (χ1) is 9.76. The van der Waals surface area contributed by atoms with Crippen LogP contribution in [0.25, 0.3) is 11.1 Å². The van der Waals surface area contributed by atoms with E-state index >= 15 is 0 Å². The maximum atomic E-state index is 13.8. The summed E-state index contributed by atoms with van der Waals surface area (Å²) in [5.41, 5.74) is 4.32. The normalized spacial score (nSPS) is 14.5. The standard InChI is InChI=1S/C18H20FN/c1-2-13-3-5-14(6-4-13)15-7-10-18(19)16(11-15)12-20-17-8-9-17/h3-7,10-11,17,20H,2,8-9,12H2,1H3. The molecule has 1 saturated carbocycles. The fraction of sp³-hybridized carbons (Fsp3) is 0.333. The molecule has 2 aromatic rings. The van der Waals surface area contributed by atoms with Crippen LogP contribution in [0, 0.1) is 5.82 Å². The summed E-state index contributed by atoms with van der Waals surface area (Å²) in [5, 5.41) is 3.37. The lowest BCUT2D eigenvalue weighted by Crippen LogP contribution is -2.16. The van der Waals surface area contributed by atoms with Crippen molar-refractivity contribution in [3.05, 3.63) is 59.4 Å². The molecule has 1 N–H and O–H groups in total. The van der Waals surface area contributed by atoms with Gasteiger partial charge in [-0.1, -0.05) is 37.3 Å². The van der Waals surface area contributed by atoms with E-state index in [1.807, 2.05) is 12.1 Å². The second kappa shape index (κ2) is 5.76. The average molecular weight is 269 g/mol. The molecule has 2 heteroatoms. The zero-order valence-electron chi connectivity index (χ0n) is 11.8. The van der Waals surface area contributed by atoms with Gasteiger partial charge in [-0.3, -0.25) is 0 Å². The predicted octanol–water partition coefficient (Wildman–Crippen LogP) is 4.31. The van der Waals surface area contributed by atoms with Crippen LogP contribution in [0.15, 0.2) is 42.5 Å². The van der Waals surface area contributed by atoms with Crippen LogP contribution in [0.1, 0.15) is 30.9 Å². The van der Waals surface area contributed by atoms with Crippen LogP contribution in [0.3, 0.4) is 0 Å². The summed E-state index contributed by atoms with van der Waals surface area (Å²) in [6.07, 6.45) is 3.49. The monoisotopic (exact) mass is 269 g/mol. The molecule has 0 aliphatic heterocycles. The summed E-state index contributed by atoms with van der Waals surface area (Å²) in [4.78, 5) is 0. The number of benzene rings is 2. The Balaban J connectivity index is 1.82. The molecule has 1 aliphatic carbocycles. The van der Waals surface area contributed by atoms with Crippen molar-refractivity contribution in [3.63, 3.8) is 0 Å². The highest BCUT2D eigenvalue weighted by atomic mass is 19.1. The van der Waals surface area contributed by atoms with Crippen molar-refractivity contribution >= 4 is 0 Å². The Hall–Kier alpha value is -1.67. The SMILES string of the molecule is CCc1ccc(-c2ccc(F)c(CNC3CC3)c2)cc1. The van der Waals surface area contributed by atoms with E-state index in [1.165, 1.54) is 18.4 Å². The Kier molecular flexibility index (Phi) is 3.83. The third kappa shape index (κ3) is 3.07. The van der Waals surface area contributed by atoms with Crippen LogP contribution < -0.4 is 5.32 Å². The molecule has 0 bridgehead atoms. The minimum absolute atomic E-state index is 0.118. The first-order valence-electron chi connectivity index (χ1n) is 7.37. The van der Waals surface area contributed by atoms with Crippen molar-refractivity contribution in [3.8, 4) is 11.1 Å². The van der Waals surface area contributed by atoms with E-state index in [1.54, 1.807) is 6.07 Å². The van der Waals surface area contributed by atoms with Gasteiger partial charge >= 0.3 is 0 Å². The highest BCUT2D eigenvalue weighted by molar-refractivity contribution is 5.64. The quantitative estimate of drug-likeness (QED) is 0.853. The second-order valence-corrected chi connectivity index (χ2v) is 5.51. The Morgan fingerprint density at radius 3 is 2.40 bits per heavy atom. The van der Waals surface area contributed by atoms with Gasteiger partial charge in [0.15, 0.2) is 0 Å². The van der Waals surface area contributed by atoms with Crippen molar-refractivity contribution in [1.82, 2.24) is 5.32 Å². The lowest BCUT2D eigenvalue weighted by Gasteiger charge is -2.09. The van der Waals surface area contributed by atoms with E-state index in [0.29, 0.717) is 12.6 Å². The third-order valence-electron chi connectivity index (χ3n) is 3.90. The molecular weight excluding hydrogens is 249 g/mol. The van der Waals surface area contributed by atoms with Gasteiger partial charge in [0.05, 0.1) is 0 Å². The maximum Gasteiger partial charge on any atom is 0.127 e. The highest BCUT2D eigenvalue weighted by Crippen LogP contribution is 2.24. The summed E-state index contributed by atoms with van der Waals surface area (Å²) in [6.45, 7) is 2.77. The van der Waals surface area contributed by atoms with Crippen molar-refractivity contribution < 1.29 is 4.39 Å². The number of hydrogen-bond acceptors (Lipinski definition) is 1. The van der Waals surface area contributed by atoms with Crippen LogP contribution in [0.5, 0.6) is 0 Å². The molecule has 0 radical (unpaired) electrons. The van der Waals surface area contributed by atoms with E-state index in [-0.39, 0.29) is 5.82 Å². The van der Waals surface area contributed by atoms with E-state index in [2.05, 4.69) is 36.5 Å². The van der Waals surface area contributed by atoms with E-state index in [4.69, 9.17) is 0 Å². The van der Waals surface area contributed by atoms with Gasteiger partial charge in [0.2, 0.25) is 0 Å². The van der Waals surface area contributed by atoms with Gasteiger partial charge in [-0.2, -0.15) is 0 Å². The van der Waals surface area contributed by atoms with Gasteiger partial charge in [0.1, 0.15) is 5.82 Å². The van der Waals surface area contributed by atoms with E-state index in [0.717, 1.165) is 23.1 Å². The zero-order chi connectivity index (χ0) is 13.9. The molecule has 1 nitrogen and oxygen atoms in total. The van der Waals surface area contributed by atoms with E-state index in [9.17, 15) is 4.39 Å². The number of nitrogens with one attached hydrogen (secondary N) is 1. The molecular formula is C18H20FN. The molecule has 20 heavy (non-hydrogen) atoms. The zero-order valence-corrected chi connectivity index (χ0v) is 11.8. The van der Waals surface area contributed by atoms with Crippen LogP contribution >= 0.6 is 0 Å². The molecule has 104 valence electrons. The lowest BCUT2D eigenvalue weighted by molar-refractivity contribution is 0.587. The summed E-state index contributed by atoms with van der Waals surface area (Å²) in [5.74, 6) is -0.118. The molecule has 0 saturated heterocycles. The van der Waals surface area contributed by atoms with Gasteiger partial charge in [0, 0.05) is 18.2 Å². The molecule has 3 rings (SSSR count). The fourth-order valence-electron chi connectivity index (χ4n) is 2.36. The van der Waals surface area contributed by atoms with Gasteiger partial charge in [-0.05, 0) is 48.1 Å². The molecule has 0 heterocycles.